The minimum Gasteiger partial charge on any atom is -0.496 e. The van der Waals surface area contributed by atoms with Crippen LogP contribution in [0.5, 0.6) is 11.5 Å². The molecule has 0 atom stereocenters. The van der Waals surface area contributed by atoms with E-state index in [1.165, 1.54) is 27.4 Å². The van der Waals surface area contributed by atoms with E-state index in [1.54, 1.807) is 48.7 Å². The zero-order chi connectivity index (χ0) is 26.8. The highest BCUT2D eigenvalue weighted by molar-refractivity contribution is 6.31. The van der Waals surface area contributed by atoms with Gasteiger partial charge in [-0.2, -0.15) is 0 Å². The molecule has 0 saturated heterocycles. The molecule has 4 aromatic rings. The van der Waals surface area contributed by atoms with Gasteiger partial charge in [-0.05, 0) is 36.4 Å². The Hall–Kier alpha value is -4.50. The molecule has 1 aromatic heterocycles. The maximum atomic E-state index is 15.1. The van der Waals surface area contributed by atoms with E-state index >= 15 is 4.39 Å². The molecular weight excluding hydrogens is 511 g/mol. The van der Waals surface area contributed by atoms with Gasteiger partial charge in [0.05, 0.1) is 44.8 Å². The van der Waals surface area contributed by atoms with E-state index in [4.69, 9.17) is 35.8 Å². The van der Waals surface area contributed by atoms with E-state index in [9.17, 15) is 4.79 Å². The third-order valence-electron chi connectivity index (χ3n) is 6.06. The number of aromatic nitrogens is 2. The summed E-state index contributed by atoms with van der Waals surface area (Å²) in [5.74, 6) is 0.0429. The standard InChI is InChI=1S/C28H22ClFN4O4/c1-36-22-6-4-5-21(30)24(22)26-20-11-16(29)7-9-18(20)25-15(13-31-26)14-32-28(34-25)33-17-8-10-19(27(35)38-3)23(12-17)37-2/h4-12,14H,13H2,1-3H3,(H,32,33,34). The minimum absolute atomic E-state index is 0.219. The van der Waals surface area contributed by atoms with Crippen LogP contribution in [0.4, 0.5) is 16.0 Å². The number of carbonyl (C=O) groups excluding carboxylic acids is 1. The molecule has 1 aliphatic heterocycles. The fourth-order valence-corrected chi connectivity index (χ4v) is 4.45. The third-order valence-corrected chi connectivity index (χ3v) is 6.29. The molecule has 0 aliphatic carbocycles. The number of carbonyl (C=O) groups is 1. The molecular formula is C28H22ClFN4O4. The summed E-state index contributed by atoms with van der Waals surface area (Å²) in [5.41, 5.74) is 4.27. The first-order chi connectivity index (χ1) is 18.4. The number of hydrogen-bond acceptors (Lipinski definition) is 8. The fourth-order valence-electron chi connectivity index (χ4n) is 4.28. The van der Waals surface area contributed by atoms with E-state index in [0.717, 1.165) is 11.1 Å². The number of hydrogen-bond donors (Lipinski definition) is 1. The van der Waals surface area contributed by atoms with Crippen molar-refractivity contribution in [1.29, 1.82) is 0 Å². The molecule has 1 N–H and O–H groups in total. The second kappa shape index (κ2) is 10.5. The van der Waals surface area contributed by atoms with Crippen LogP contribution in [0, 0.1) is 5.82 Å². The summed E-state index contributed by atoms with van der Waals surface area (Å²) in [6, 6.07) is 14.9. The van der Waals surface area contributed by atoms with Crippen LogP contribution in [0.25, 0.3) is 11.3 Å². The topological polar surface area (TPSA) is 94.9 Å². The van der Waals surface area contributed by atoms with Gasteiger partial charge in [0.15, 0.2) is 0 Å². The predicted octanol–water partition coefficient (Wildman–Crippen LogP) is 5.83. The summed E-state index contributed by atoms with van der Waals surface area (Å²) in [5, 5.41) is 3.62. The van der Waals surface area contributed by atoms with Crippen molar-refractivity contribution in [2.45, 2.75) is 6.54 Å². The van der Waals surface area contributed by atoms with Crippen molar-refractivity contribution in [3.63, 3.8) is 0 Å². The molecule has 38 heavy (non-hydrogen) atoms. The number of rotatable bonds is 6. The first-order valence-corrected chi connectivity index (χ1v) is 11.9. The second-order valence-electron chi connectivity index (χ2n) is 8.27. The van der Waals surface area contributed by atoms with Crippen molar-refractivity contribution in [3.05, 3.63) is 93.9 Å². The number of anilines is 2. The van der Waals surface area contributed by atoms with Crippen molar-refractivity contribution in [2.24, 2.45) is 4.99 Å². The molecule has 2 heterocycles. The van der Waals surface area contributed by atoms with E-state index in [2.05, 4.69) is 10.3 Å². The number of nitrogens with zero attached hydrogens (tertiary/aromatic N) is 3. The summed E-state index contributed by atoms with van der Waals surface area (Å²) in [6.45, 7) is 0.219. The lowest BCUT2D eigenvalue weighted by Crippen LogP contribution is -2.09. The zero-order valence-electron chi connectivity index (χ0n) is 20.7. The second-order valence-corrected chi connectivity index (χ2v) is 8.71. The molecule has 0 unspecified atom stereocenters. The quantitative estimate of drug-likeness (QED) is 0.312. The third kappa shape index (κ3) is 4.64. The summed E-state index contributed by atoms with van der Waals surface area (Å²) in [6.07, 6.45) is 1.67. The van der Waals surface area contributed by atoms with Crippen LogP contribution in [0.15, 0.2) is 65.8 Å². The molecule has 8 nitrogen and oxygen atoms in total. The van der Waals surface area contributed by atoms with E-state index in [1.807, 2.05) is 6.07 Å². The largest absolute Gasteiger partial charge is 0.496 e. The molecule has 0 bridgehead atoms. The molecule has 0 fully saturated rings. The fraction of sp³-hybridized carbons (Fsp3) is 0.143. The number of fused-ring (bicyclic) bond motifs is 3. The molecule has 192 valence electrons. The van der Waals surface area contributed by atoms with Crippen LogP contribution >= 0.6 is 11.6 Å². The Kier molecular flexibility index (Phi) is 6.93. The van der Waals surface area contributed by atoms with Gasteiger partial charge in [-0.15, -0.1) is 0 Å². The Labute approximate surface area is 223 Å². The van der Waals surface area contributed by atoms with Gasteiger partial charge in [-0.25, -0.2) is 19.2 Å². The number of ether oxygens (including phenoxy) is 3. The first-order valence-electron chi connectivity index (χ1n) is 11.5. The van der Waals surface area contributed by atoms with Gasteiger partial charge in [0.1, 0.15) is 22.9 Å². The van der Waals surface area contributed by atoms with Crippen LogP contribution in [0.2, 0.25) is 5.02 Å². The number of aliphatic imine (C=N–C) groups is 1. The average Bonchev–Trinajstić information content (AvgIpc) is 3.08. The maximum absolute atomic E-state index is 15.1. The highest BCUT2D eigenvalue weighted by Crippen LogP contribution is 2.36. The number of esters is 1. The smallest absolute Gasteiger partial charge is 0.341 e. The van der Waals surface area contributed by atoms with E-state index < -0.39 is 11.8 Å². The average molecular weight is 533 g/mol. The summed E-state index contributed by atoms with van der Waals surface area (Å²) < 4.78 is 30.7. The molecule has 0 saturated carbocycles. The SMILES string of the molecule is COC(=O)c1ccc(Nc2ncc3c(n2)-c2ccc(Cl)cc2C(c2c(F)cccc2OC)=NC3)cc1OC. The van der Waals surface area contributed by atoms with Crippen molar-refractivity contribution < 1.29 is 23.4 Å². The maximum Gasteiger partial charge on any atom is 0.341 e. The van der Waals surface area contributed by atoms with Crippen LogP contribution in [-0.2, 0) is 11.3 Å². The zero-order valence-corrected chi connectivity index (χ0v) is 21.5. The van der Waals surface area contributed by atoms with Crippen LogP contribution < -0.4 is 14.8 Å². The minimum atomic E-state index is -0.507. The lowest BCUT2D eigenvalue weighted by atomic mass is 9.94. The Balaban J connectivity index is 1.58. The molecule has 0 amide bonds. The monoisotopic (exact) mass is 532 g/mol. The van der Waals surface area contributed by atoms with Gasteiger partial charge in [-0.1, -0.05) is 23.7 Å². The van der Waals surface area contributed by atoms with Crippen LogP contribution in [0.1, 0.15) is 27.0 Å². The van der Waals surface area contributed by atoms with Crippen LogP contribution in [0.3, 0.4) is 0 Å². The van der Waals surface area contributed by atoms with Gasteiger partial charge in [-0.3, -0.25) is 4.99 Å². The predicted molar refractivity (Wildman–Crippen MR) is 142 cm³/mol. The van der Waals surface area contributed by atoms with Gasteiger partial charge in [0.25, 0.3) is 0 Å². The summed E-state index contributed by atoms with van der Waals surface area (Å²) in [4.78, 5) is 25.9. The van der Waals surface area contributed by atoms with Crippen LogP contribution in [-0.4, -0.2) is 43.0 Å². The van der Waals surface area contributed by atoms with Crippen molar-refractivity contribution in [2.75, 3.05) is 26.6 Å². The lowest BCUT2D eigenvalue weighted by Gasteiger charge is -2.15. The molecule has 0 radical (unpaired) electrons. The van der Waals surface area contributed by atoms with Gasteiger partial charge < -0.3 is 19.5 Å². The first kappa shape index (κ1) is 25.2. The van der Waals surface area contributed by atoms with E-state index in [-0.39, 0.29) is 12.1 Å². The van der Waals surface area contributed by atoms with E-state index in [0.29, 0.717) is 50.7 Å². The summed E-state index contributed by atoms with van der Waals surface area (Å²) in [7, 11) is 4.26. The van der Waals surface area contributed by atoms with Gasteiger partial charge in [0.2, 0.25) is 5.95 Å². The number of methoxy groups -OCH3 is 3. The van der Waals surface area contributed by atoms with Crippen molar-refractivity contribution in [3.8, 4) is 22.8 Å². The Morgan fingerprint density at radius 1 is 1.00 bits per heavy atom. The molecule has 5 rings (SSSR count). The van der Waals surface area contributed by atoms with Crippen molar-refractivity contribution in [1.82, 2.24) is 9.97 Å². The highest BCUT2D eigenvalue weighted by Gasteiger charge is 2.25. The van der Waals surface area contributed by atoms with Crippen molar-refractivity contribution >= 4 is 34.9 Å². The Bertz CT molecular complexity index is 1590. The number of nitrogens with one attached hydrogen (secondary N) is 1. The lowest BCUT2D eigenvalue weighted by molar-refractivity contribution is 0.0597. The normalized spacial score (nSPS) is 12.0. The molecule has 3 aromatic carbocycles. The summed E-state index contributed by atoms with van der Waals surface area (Å²) >= 11 is 6.37. The molecule has 1 aliphatic rings. The molecule has 0 spiro atoms. The highest BCUT2D eigenvalue weighted by atomic mass is 35.5. The number of benzene rings is 3. The molecule has 10 heteroatoms. The van der Waals surface area contributed by atoms with Gasteiger partial charge in [0, 0.05) is 39.7 Å². The Morgan fingerprint density at radius 3 is 2.58 bits per heavy atom. The van der Waals surface area contributed by atoms with Gasteiger partial charge >= 0.3 is 5.97 Å². The number of halogens is 2. The Morgan fingerprint density at radius 2 is 1.82 bits per heavy atom.